The lowest BCUT2D eigenvalue weighted by molar-refractivity contribution is -0.146. The van der Waals surface area contributed by atoms with E-state index in [4.69, 9.17) is 9.47 Å². The summed E-state index contributed by atoms with van der Waals surface area (Å²) in [6.45, 7) is 7.35. The molecule has 6 atom stereocenters. The van der Waals surface area contributed by atoms with Crippen molar-refractivity contribution in [3.05, 3.63) is 24.3 Å². The van der Waals surface area contributed by atoms with E-state index < -0.39 is 0 Å². The molecular weight excluding hydrogens is 418 g/mol. The summed E-state index contributed by atoms with van der Waals surface area (Å²) in [4.78, 5) is 30.2. The Kier molecular flexibility index (Phi) is 7.47. The summed E-state index contributed by atoms with van der Waals surface area (Å²) in [6, 6.07) is 8.32. The summed E-state index contributed by atoms with van der Waals surface area (Å²) in [5.41, 5.74) is 1.15. The van der Waals surface area contributed by atoms with Crippen LogP contribution in [-0.2, 0) is 14.3 Å². The number of nitrogens with one attached hydrogen (secondary N) is 1. The highest BCUT2D eigenvalue weighted by Gasteiger charge is 2.49. The lowest BCUT2D eigenvalue weighted by Gasteiger charge is -2.41. The molecule has 2 saturated carbocycles. The van der Waals surface area contributed by atoms with Crippen LogP contribution in [0.2, 0.25) is 0 Å². The van der Waals surface area contributed by atoms with Gasteiger partial charge in [-0.2, -0.15) is 0 Å². The zero-order valence-corrected chi connectivity index (χ0v) is 20.5. The van der Waals surface area contributed by atoms with Crippen molar-refractivity contribution in [3.8, 4) is 5.75 Å². The molecule has 1 saturated heterocycles. The number of ether oxygens (including phenoxy) is 2. The van der Waals surface area contributed by atoms with Crippen LogP contribution in [0.3, 0.4) is 0 Å². The van der Waals surface area contributed by atoms with Crippen LogP contribution in [0, 0.1) is 23.7 Å². The third-order valence-electron chi connectivity index (χ3n) is 8.06. The van der Waals surface area contributed by atoms with Crippen molar-refractivity contribution < 1.29 is 19.1 Å². The number of nitrogens with zero attached hydrogens (tertiary/aromatic N) is 2. The fraction of sp³-hybridized carbons (Fsp3) is 0.692. The fourth-order valence-electron chi connectivity index (χ4n) is 6.38. The van der Waals surface area contributed by atoms with Crippen molar-refractivity contribution >= 4 is 17.6 Å². The Balaban J connectivity index is 1.35. The summed E-state index contributed by atoms with van der Waals surface area (Å²) in [5.74, 6) is 2.02. The molecule has 6 unspecified atom stereocenters. The summed E-state index contributed by atoms with van der Waals surface area (Å²) in [7, 11) is 3.14. The van der Waals surface area contributed by atoms with Gasteiger partial charge >= 0.3 is 5.97 Å². The molecule has 0 bridgehead atoms. The first-order valence-electron chi connectivity index (χ1n) is 12.4. The van der Waals surface area contributed by atoms with Crippen molar-refractivity contribution in [2.24, 2.45) is 23.7 Å². The van der Waals surface area contributed by atoms with Crippen LogP contribution >= 0.6 is 0 Å². The van der Waals surface area contributed by atoms with Crippen LogP contribution in [-0.4, -0.2) is 69.3 Å². The summed E-state index contributed by atoms with van der Waals surface area (Å²) < 4.78 is 10.5. The van der Waals surface area contributed by atoms with E-state index in [0.717, 1.165) is 50.3 Å². The smallest absolute Gasteiger partial charge is 0.310 e. The van der Waals surface area contributed by atoms with Gasteiger partial charge in [-0.25, -0.2) is 0 Å². The third-order valence-corrected chi connectivity index (χ3v) is 8.06. The van der Waals surface area contributed by atoms with Crippen molar-refractivity contribution in [2.75, 3.05) is 45.3 Å². The van der Waals surface area contributed by atoms with Gasteiger partial charge in [0.2, 0.25) is 5.91 Å². The van der Waals surface area contributed by atoms with Crippen LogP contribution in [0.25, 0.3) is 0 Å². The standard InChI is InChI=1S/C26H39N3O4/c1-17-8-9-19-13-23(26(31)33-4)25(22(19)12-17)27-24(30)16-28-10-11-29(18(2)15-28)20-6-5-7-21(14-20)32-3/h5-7,14,17-19,22-23,25H,8-13,15-16H2,1-4H3,(H,27,30). The van der Waals surface area contributed by atoms with Crippen LogP contribution in [0.5, 0.6) is 5.75 Å². The molecule has 1 aliphatic heterocycles. The average Bonchev–Trinajstić information content (AvgIpc) is 3.16. The van der Waals surface area contributed by atoms with E-state index in [2.05, 4.69) is 41.1 Å². The number of methoxy groups -OCH3 is 2. The number of amides is 1. The molecule has 1 aromatic rings. The molecule has 1 aromatic carbocycles. The van der Waals surface area contributed by atoms with Crippen molar-refractivity contribution in [3.63, 3.8) is 0 Å². The zero-order chi connectivity index (χ0) is 23.5. The van der Waals surface area contributed by atoms with Crippen LogP contribution in [0.4, 0.5) is 5.69 Å². The molecule has 1 N–H and O–H groups in total. The first-order chi connectivity index (χ1) is 15.9. The Morgan fingerprint density at radius 3 is 2.67 bits per heavy atom. The second-order valence-corrected chi connectivity index (χ2v) is 10.3. The van der Waals surface area contributed by atoms with Gasteiger partial charge in [0, 0.05) is 43.5 Å². The number of esters is 1. The van der Waals surface area contributed by atoms with E-state index in [9.17, 15) is 9.59 Å². The van der Waals surface area contributed by atoms with Gasteiger partial charge in [0.15, 0.2) is 0 Å². The van der Waals surface area contributed by atoms with E-state index in [1.54, 1.807) is 7.11 Å². The highest BCUT2D eigenvalue weighted by molar-refractivity contribution is 5.80. The number of rotatable bonds is 6. The molecule has 7 heteroatoms. The number of hydrogen-bond acceptors (Lipinski definition) is 6. The third kappa shape index (κ3) is 5.29. The van der Waals surface area contributed by atoms with Crippen LogP contribution in [0.15, 0.2) is 24.3 Å². The minimum Gasteiger partial charge on any atom is -0.497 e. The Labute approximate surface area is 197 Å². The first kappa shape index (κ1) is 23.9. The molecule has 2 aliphatic carbocycles. The molecule has 3 fully saturated rings. The van der Waals surface area contributed by atoms with Gasteiger partial charge < -0.3 is 19.7 Å². The number of anilines is 1. The molecule has 1 amide bonds. The molecule has 7 nitrogen and oxygen atoms in total. The van der Waals surface area contributed by atoms with Gasteiger partial charge in [-0.05, 0) is 56.1 Å². The normalized spacial score (nSPS) is 32.2. The second-order valence-electron chi connectivity index (χ2n) is 10.3. The Morgan fingerprint density at radius 1 is 1.12 bits per heavy atom. The number of benzene rings is 1. The van der Waals surface area contributed by atoms with E-state index >= 15 is 0 Å². The lowest BCUT2D eigenvalue weighted by Crippen LogP contribution is -2.55. The van der Waals surface area contributed by atoms with Gasteiger partial charge in [0.1, 0.15) is 5.75 Å². The van der Waals surface area contributed by atoms with E-state index in [-0.39, 0.29) is 29.9 Å². The van der Waals surface area contributed by atoms with Gasteiger partial charge in [0.05, 0.1) is 26.7 Å². The van der Waals surface area contributed by atoms with Crippen LogP contribution < -0.4 is 15.0 Å². The maximum absolute atomic E-state index is 13.1. The van der Waals surface area contributed by atoms with Gasteiger partial charge in [0.25, 0.3) is 0 Å². The Hall–Kier alpha value is -2.28. The second kappa shape index (κ2) is 10.3. The van der Waals surface area contributed by atoms with E-state index in [1.165, 1.54) is 13.5 Å². The van der Waals surface area contributed by atoms with Gasteiger partial charge in [-0.1, -0.05) is 19.4 Å². The lowest BCUT2D eigenvalue weighted by atomic mass is 9.75. The minimum absolute atomic E-state index is 0.0230. The number of carbonyl (C=O) groups excluding carboxylic acids is 2. The molecule has 4 rings (SSSR count). The topological polar surface area (TPSA) is 71.1 Å². The van der Waals surface area contributed by atoms with Crippen molar-refractivity contribution in [2.45, 2.75) is 51.6 Å². The largest absolute Gasteiger partial charge is 0.497 e. The molecule has 33 heavy (non-hydrogen) atoms. The Bertz CT molecular complexity index is 847. The minimum atomic E-state index is -0.219. The molecule has 1 heterocycles. The predicted octanol–water partition coefficient (Wildman–Crippen LogP) is 2.94. The quantitative estimate of drug-likeness (QED) is 0.663. The van der Waals surface area contributed by atoms with Crippen LogP contribution in [0.1, 0.15) is 39.5 Å². The van der Waals surface area contributed by atoms with E-state index in [1.807, 2.05) is 12.1 Å². The summed E-state index contributed by atoms with van der Waals surface area (Å²) in [5, 5.41) is 3.27. The molecule has 0 aromatic heterocycles. The SMILES string of the molecule is COC(=O)C1CC2CCC(C)CC2C1NC(=O)CN1CCN(c2cccc(OC)c2)C(C)C1. The number of piperazine rings is 1. The summed E-state index contributed by atoms with van der Waals surface area (Å²) in [6.07, 6.45) is 4.28. The van der Waals surface area contributed by atoms with Crippen molar-refractivity contribution in [1.82, 2.24) is 10.2 Å². The maximum Gasteiger partial charge on any atom is 0.310 e. The zero-order valence-electron chi connectivity index (χ0n) is 20.5. The highest BCUT2D eigenvalue weighted by atomic mass is 16.5. The Morgan fingerprint density at radius 2 is 1.94 bits per heavy atom. The first-order valence-corrected chi connectivity index (χ1v) is 12.4. The van der Waals surface area contributed by atoms with Crippen molar-refractivity contribution in [1.29, 1.82) is 0 Å². The van der Waals surface area contributed by atoms with Gasteiger partial charge in [-0.3, -0.25) is 14.5 Å². The summed E-state index contributed by atoms with van der Waals surface area (Å²) >= 11 is 0. The van der Waals surface area contributed by atoms with Gasteiger partial charge in [-0.15, -0.1) is 0 Å². The number of fused-ring (bicyclic) bond motifs is 1. The number of hydrogen-bond donors (Lipinski definition) is 1. The monoisotopic (exact) mass is 457 g/mol. The molecule has 3 aliphatic rings. The molecule has 0 radical (unpaired) electrons. The number of carbonyl (C=O) groups is 2. The fourth-order valence-corrected chi connectivity index (χ4v) is 6.38. The highest BCUT2D eigenvalue weighted by Crippen LogP contribution is 2.47. The predicted molar refractivity (Wildman–Crippen MR) is 128 cm³/mol. The molecular formula is C26H39N3O4. The molecule has 0 spiro atoms. The average molecular weight is 458 g/mol. The molecule has 182 valence electrons. The maximum atomic E-state index is 13.1. The van der Waals surface area contributed by atoms with E-state index in [0.29, 0.717) is 24.3 Å².